The molecule has 0 radical (unpaired) electrons. The molecule has 0 saturated carbocycles. The molecule has 120 valence electrons. The Morgan fingerprint density at radius 2 is 2.14 bits per heavy atom. The van der Waals surface area contributed by atoms with E-state index in [1.165, 1.54) is 5.57 Å². The fourth-order valence-electron chi connectivity index (χ4n) is 2.24. The van der Waals surface area contributed by atoms with Crippen LogP contribution in [-0.2, 0) is 0 Å². The van der Waals surface area contributed by atoms with Crippen LogP contribution in [0, 0.1) is 5.92 Å². The maximum atomic E-state index is 6.12. The summed E-state index contributed by atoms with van der Waals surface area (Å²) in [5.74, 6) is 0.940. The number of nitrogens with zero attached hydrogens (tertiary/aromatic N) is 1. The lowest BCUT2D eigenvalue weighted by molar-refractivity contribution is 0.698. The van der Waals surface area contributed by atoms with Gasteiger partial charge in [-0.3, -0.25) is 0 Å². The number of aliphatic imine (C=N–C) groups is 1. The Bertz CT molecular complexity index is 545. The summed E-state index contributed by atoms with van der Waals surface area (Å²) in [6, 6.07) is 0. The zero-order valence-corrected chi connectivity index (χ0v) is 14.1. The standard InChI is InChI=1S/C19H29N3/c1-5-9-16(13-12-14(4)6-2)17-11-8-10-15(7-3)18(20)19(21)22-17/h5,9,11-14H,1,6-8,10,20H2,2-4H3,(H2,21,22)/b13-12-,16-9+,17-11-,18-15+. The number of amidine groups is 1. The van der Waals surface area contributed by atoms with Gasteiger partial charge >= 0.3 is 0 Å². The number of hydrogen-bond acceptors (Lipinski definition) is 3. The van der Waals surface area contributed by atoms with Crippen LogP contribution in [0.5, 0.6) is 0 Å². The quantitative estimate of drug-likeness (QED) is 0.716. The summed E-state index contributed by atoms with van der Waals surface area (Å²) in [6.07, 6.45) is 14.0. The highest BCUT2D eigenvalue weighted by molar-refractivity contribution is 5.97. The maximum absolute atomic E-state index is 6.12. The molecule has 0 fully saturated rings. The fraction of sp³-hybridized carbons (Fsp3) is 0.421. The normalized spacial score (nSPS) is 26.6. The van der Waals surface area contributed by atoms with Crippen molar-refractivity contribution in [3.63, 3.8) is 0 Å². The molecule has 3 heteroatoms. The topological polar surface area (TPSA) is 64.4 Å². The molecule has 0 bridgehead atoms. The van der Waals surface area contributed by atoms with E-state index in [1.54, 1.807) is 6.08 Å². The minimum absolute atomic E-state index is 0.412. The molecule has 0 aromatic carbocycles. The molecule has 3 nitrogen and oxygen atoms in total. The largest absolute Gasteiger partial charge is 0.396 e. The van der Waals surface area contributed by atoms with Crippen LogP contribution in [0.1, 0.15) is 46.5 Å². The molecular formula is C19H29N3. The molecular weight excluding hydrogens is 270 g/mol. The molecule has 0 aromatic rings. The van der Waals surface area contributed by atoms with Crippen LogP contribution in [0.3, 0.4) is 0 Å². The number of allylic oxidation sites excluding steroid dienone is 6. The summed E-state index contributed by atoms with van der Waals surface area (Å²) in [5.41, 5.74) is 15.9. The van der Waals surface area contributed by atoms with E-state index in [9.17, 15) is 0 Å². The van der Waals surface area contributed by atoms with Crippen LogP contribution in [0.25, 0.3) is 0 Å². The van der Waals surface area contributed by atoms with Crippen molar-refractivity contribution >= 4 is 5.84 Å². The van der Waals surface area contributed by atoms with Gasteiger partial charge in [0.2, 0.25) is 0 Å². The summed E-state index contributed by atoms with van der Waals surface area (Å²) in [6.45, 7) is 10.3. The molecule has 0 spiro atoms. The van der Waals surface area contributed by atoms with Crippen LogP contribution in [0.2, 0.25) is 0 Å². The average molecular weight is 299 g/mol. The van der Waals surface area contributed by atoms with Crippen molar-refractivity contribution in [1.29, 1.82) is 0 Å². The maximum Gasteiger partial charge on any atom is 0.147 e. The van der Waals surface area contributed by atoms with Crippen LogP contribution < -0.4 is 11.5 Å². The molecule has 0 aliphatic carbocycles. The molecule has 0 amide bonds. The van der Waals surface area contributed by atoms with Crippen LogP contribution in [0.4, 0.5) is 0 Å². The van der Waals surface area contributed by atoms with Gasteiger partial charge in [-0.2, -0.15) is 0 Å². The molecule has 0 saturated heterocycles. The smallest absolute Gasteiger partial charge is 0.147 e. The van der Waals surface area contributed by atoms with E-state index >= 15 is 0 Å². The second-order valence-corrected chi connectivity index (χ2v) is 5.60. The van der Waals surface area contributed by atoms with Gasteiger partial charge in [-0.15, -0.1) is 0 Å². The molecule has 1 aliphatic rings. The molecule has 1 rings (SSSR count). The van der Waals surface area contributed by atoms with Gasteiger partial charge in [0.1, 0.15) is 5.84 Å². The minimum atomic E-state index is 0.412. The molecule has 1 atom stereocenters. The van der Waals surface area contributed by atoms with Gasteiger partial charge in [-0.1, -0.05) is 64.2 Å². The zero-order valence-electron chi connectivity index (χ0n) is 14.1. The molecule has 1 unspecified atom stereocenters. The molecule has 0 aromatic heterocycles. The van der Waals surface area contributed by atoms with E-state index in [2.05, 4.69) is 50.6 Å². The van der Waals surface area contributed by atoms with Crippen molar-refractivity contribution < 1.29 is 0 Å². The Morgan fingerprint density at radius 3 is 2.73 bits per heavy atom. The first-order valence-corrected chi connectivity index (χ1v) is 8.06. The van der Waals surface area contributed by atoms with Crippen molar-refractivity contribution in [2.24, 2.45) is 22.4 Å². The van der Waals surface area contributed by atoms with E-state index in [-0.39, 0.29) is 0 Å². The summed E-state index contributed by atoms with van der Waals surface area (Å²) in [7, 11) is 0. The van der Waals surface area contributed by atoms with E-state index in [4.69, 9.17) is 11.5 Å². The Hall–Kier alpha value is -2.03. The first-order chi connectivity index (χ1) is 10.5. The van der Waals surface area contributed by atoms with Crippen LogP contribution in [-0.4, -0.2) is 5.84 Å². The van der Waals surface area contributed by atoms with Gasteiger partial charge in [0, 0.05) is 0 Å². The third-order valence-electron chi connectivity index (χ3n) is 3.95. The number of hydrogen-bond donors (Lipinski definition) is 2. The van der Waals surface area contributed by atoms with Crippen molar-refractivity contribution in [3.05, 3.63) is 59.5 Å². The summed E-state index contributed by atoms with van der Waals surface area (Å²) >= 11 is 0. The van der Waals surface area contributed by atoms with E-state index in [0.717, 1.165) is 37.0 Å². The lowest BCUT2D eigenvalue weighted by Gasteiger charge is -2.14. The van der Waals surface area contributed by atoms with Gasteiger partial charge in [0.05, 0.1) is 11.4 Å². The zero-order chi connectivity index (χ0) is 16.5. The van der Waals surface area contributed by atoms with Crippen LogP contribution >= 0.6 is 0 Å². The number of nitrogens with two attached hydrogens (primary N) is 2. The predicted octanol–water partition coefficient (Wildman–Crippen LogP) is 4.36. The molecule has 1 aliphatic heterocycles. The second-order valence-electron chi connectivity index (χ2n) is 5.60. The Balaban J connectivity index is 3.16. The lowest BCUT2D eigenvalue weighted by atomic mass is 10.0. The van der Waals surface area contributed by atoms with Crippen LogP contribution in [0.15, 0.2) is 64.5 Å². The fourth-order valence-corrected chi connectivity index (χ4v) is 2.24. The molecule has 22 heavy (non-hydrogen) atoms. The summed E-state index contributed by atoms with van der Waals surface area (Å²) < 4.78 is 0. The number of rotatable bonds is 6. The van der Waals surface area contributed by atoms with Gasteiger partial charge in [0.15, 0.2) is 0 Å². The summed E-state index contributed by atoms with van der Waals surface area (Å²) in [4.78, 5) is 4.54. The molecule has 4 N–H and O–H groups in total. The van der Waals surface area contributed by atoms with Crippen molar-refractivity contribution in [2.45, 2.75) is 46.5 Å². The Labute approximate surface area is 134 Å². The molecule has 1 heterocycles. The van der Waals surface area contributed by atoms with Crippen molar-refractivity contribution in [3.8, 4) is 0 Å². The predicted molar refractivity (Wildman–Crippen MR) is 97.3 cm³/mol. The highest BCUT2D eigenvalue weighted by atomic mass is 14.9. The minimum Gasteiger partial charge on any atom is -0.396 e. The third kappa shape index (κ3) is 5.06. The van der Waals surface area contributed by atoms with E-state index < -0.39 is 0 Å². The lowest BCUT2D eigenvalue weighted by Crippen LogP contribution is -2.24. The Morgan fingerprint density at radius 1 is 1.41 bits per heavy atom. The monoisotopic (exact) mass is 299 g/mol. The summed E-state index contributed by atoms with van der Waals surface area (Å²) in [5, 5.41) is 0. The van der Waals surface area contributed by atoms with Gasteiger partial charge in [-0.05, 0) is 36.3 Å². The third-order valence-corrected chi connectivity index (χ3v) is 3.95. The highest BCUT2D eigenvalue weighted by Gasteiger charge is 2.11. The average Bonchev–Trinajstić information content (AvgIpc) is 2.52. The Kier molecular flexibility index (Phi) is 7.44. The first kappa shape index (κ1) is 18.0. The van der Waals surface area contributed by atoms with Gasteiger partial charge in [0.25, 0.3) is 0 Å². The SMILES string of the molecule is C=C/C=C(\C=C/C(C)CC)C1=C/CC/C(CC)=C(N)\C(N)=N\1. The first-order valence-electron chi connectivity index (χ1n) is 8.06. The van der Waals surface area contributed by atoms with Gasteiger partial charge < -0.3 is 11.5 Å². The highest BCUT2D eigenvalue weighted by Crippen LogP contribution is 2.22. The van der Waals surface area contributed by atoms with Crippen molar-refractivity contribution in [2.75, 3.05) is 0 Å². The van der Waals surface area contributed by atoms with E-state index in [0.29, 0.717) is 17.5 Å². The second kappa shape index (κ2) is 9.08. The van der Waals surface area contributed by atoms with Gasteiger partial charge in [-0.25, -0.2) is 4.99 Å². The van der Waals surface area contributed by atoms with Crippen molar-refractivity contribution in [1.82, 2.24) is 0 Å². The van der Waals surface area contributed by atoms with E-state index in [1.807, 2.05) is 6.08 Å².